The van der Waals surface area contributed by atoms with Crippen molar-refractivity contribution in [3.8, 4) is 0 Å². The van der Waals surface area contributed by atoms with Crippen LogP contribution in [0, 0.1) is 0 Å². The number of carbonyl (C=O) groups excluding carboxylic acids is 1. The van der Waals surface area contributed by atoms with Gasteiger partial charge >= 0.3 is 0 Å². The fourth-order valence-electron chi connectivity index (χ4n) is 1.30. The zero-order valence-corrected chi connectivity index (χ0v) is 6.64. The van der Waals surface area contributed by atoms with Gasteiger partial charge in [0, 0.05) is 11.8 Å². The van der Waals surface area contributed by atoms with Crippen LogP contribution >= 0.6 is 0 Å². The maximum atomic E-state index is 11.2. The van der Waals surface area contributed by atoms with Crippen LogP contribution in [0.1, 0.15) is 0 Å². The Kier molecular flexibility index (Phi) is 1.55. The van der Waals surface area contributed by atoms with E-state index in [9.17, 15) is 15.0 Å². The van der Waals surface area contributed by atoms with Crippen molar-refractivity contribution in [1.82, 2.24) is 0 Å². The number of carbonyl (C=O) groups is 1. The molecule has 0 fully saturated rings. The summed E-state index contributed by atoms with van der Waals surface area (Å²) in [5.74, 6) is -2.50. The van der Waals surface area contributed by atoms with Crippen LogP contribution in [0.3, 0.4) is 0 Å². The maximum absolute atomic E-state index is 11.2. The molecule has 66 valence electrons. The second kappa shape index (κ2) is 2.48. The summed E-state index contributed by atoms with van der Waals surface area (Å²) < 4.78 is 0. The van der Waals surface area contributed by atoms with Crippen LogP contribution in [-0.4, -0.2) is 28.1 Å². The molecule has 0 saturated heterocycles. The lowest BCUT2D eigenvalue weighted by Gasteiger charge is -2.25. The van der Waals surface area contributed by atoms with Gasteiger partial charge in [-0.15, -0.1) is 0 Å². The molecule has 2 N–H and O–H groups in total. The number of hydrogen-bond donors (Lipinski definition) is 2. The SMILES string of the molecule is O=C1N=CC=C2C1=CC=CC2(O)O. The number of aliphatic hydroxyl groups is 2. The molecular weight excluding hydrogens is 170 g/mol. The smallest absolute Gasteiger partial charge is 0.277 e. The molecule has 2 rings (SSSR count). The molecular formula is C9H7NO3. The van der Waals surface area contributed by atoms with Crippen LogP contribution in [0.15, 0.2) is 40.4 Å². The van der Waals surface area contributed by atoms with Gasteiger partial charge in [0.15, 0.2) is 0 Å². The quantitative estimate of drug-likeness (QED) is 0.499. The molecule has 1 amide bonds. The van der Waals surface area contributed by atoms with E-state index >= 15 is 0 Å². The van der Waals surface area contributed by atoms with Crippen LogP contribution in [0.2, 0.25) is 0 Å². The third-order valence-electron chi connectivity index (χ3n) is 1.94. The summed E-state index contributed by atoms with van der Waals surface area (Å²) in [6.45, 7) is 0. The van der Waals surface area contributed by atoms with Crippen LogP contribution < -0.4 is 0 Å². The van der Waals surface area contributed by atoms with Gasteiger partial charge in [-0.1, -0.05) is 6.08 Å². The molecule has 0 unspecified atom stereocenters. The van der Waals surface area contributed by atoms with Gasteiger partial charge in [0.05, 0.1) is 5.57 Å². The summed E-state index contributed by atoms with van der Waals surface area (Å²) in [6.07, 6.45) is 6.81. The standard InChI is InChI=1S/C9H7NO3/c11-8-6-2-1-4-9(12,13)7(6)3-5-10-8/h1-5,12-13H. The Morgan fingerprint density at radius 2 is 2.08 bits per heavy atom. The molecule has 1 aliphatic carbocycles. The highest BCUT2D eigenvalue weighted by Gasteiger charge is 2.33. The van der Waals surface area contributed by atoms with Crippen molar-refractivity contribution in [2.45, 2.75) is 5.79 Å². The van der Waals surface area contributed by atoms with E-state index in [2.05, 4.69) is 4.99 Å². The molecule has 0 spiro atoms. The van der Waals surface area contributed by atoms with Gasteiger partial charge in [-0.3, -0.25) is 4.79 Å². The minimum atomic E-state index is -2.05. The summed E-state index contributed by atoms with van der Waals surface area (Å²) in [6, 6.07) is 0. The summed E-state index contributed by atoms with van der Waals surface area (Å²) in [4.78, 5) is 14.7. The molecule has 0 radical (unpaired) electrons. The fourth-order valence-corrected chi connectivity index (χ4v) is 1.30. The van der Waals surface area contributed by atoms with Crippen LogP contribution in [0.4, 0.5) is 0 Å². The van der Waals surface area contributed by atoms with Crippen molar-refractivity contribution in [2.24, 2.45) is 4.99 Å². The van der Waals surface area contributed by atoms with Gasteiger partial charge in [0.2, 0.25) is 5.79 Å². The second-order valence-corrected chi connectivity index (χ2v) is 2.83. The Labute approximate surface area is 74.2 Å². The number of amides is 1. The number of fused-ring (bicyclic) bond motifs is 1. The molecule has 0 aromatic rings. The first-order valence-corrected chi connectivity index (χ1v) is 3.75. The lowest BCUT2D eigenvalue weighted by atomic mass is 9.91. The van der Waals surface area contributed by atoms with E-state index < -0.39 is 11.7 Å². The van der Waals surface area contributed by atoms with Crippen LogP contribution in [0.25, 0.3) is 0 Å². The predicted molar refractivity (Wildman–Crippen MR) is 46.0 cm³/mol. The Balaban J connectivity index is 2.56. The third-order valence-corrected chi connectivity index (χ3v) is 1.94. The zero-order valence-electron chi connectivity index (χ0n) is 6.64. The van der Waals surface area contributed by atoms with Gasteiger partial charge in [-0.05, 0) is 18.2 Å². The van der Waals surface area contributed by atoms with E-state index in [1.165, 1.54) is 30.5 Å². The van der Waals surface area contributed by atoms with E-state index in [4.69, 9.17) is 0 Å². The van der Waals surface area contributed by atoms with Gasteiger partial charge < -0.3 is 10.2 Å². The monoisotopic (exact) mass is 177 g/mol. The molecule has 13 heavy (non-hydrogen) atoms. The highest BCUT2D eigenvalue weighted by molar-refractivity contribution is 6.08. The minimum Gasteiger partial charge on any atom is -0.359 e. The van der Waals surface area contributed by atoms with E-state index in [0.717, 1.165) is 0 Å². The lowest BCUT2D eigenvalue weighted by molar-refractivity contribution is -0.116. The van der Waals surface area contributed by atoms with Gasteiger partial charge in [-0.25, -0.2) is 4.99 Å². The largest absolute Gasteiger partial charge is 0.359 e. The van der Waals surface area contributed by atoms with Crippen molar-refractivity contribution < 1.29 is 15.0 Å². The average molecular weight is 177 g/mol. The second-order valence-electron chi connectivity index (χ2n) is 2.83. The first kappa shape index (κ1) is 8.10. The molecule has 0 bridgehead atoms. The molecule has 4 heteroatoms. The molecule has 0 saturated carbocycles. The Bertz CT molecular complexity index is 386. The van der Waals surface area contributed by atoms with Crippen LogP contribution in [-0.2, 0) is 4.79 Å². The maximum Gasteiger partial charge on any atom is 0.277 e. The fraction of sp³-hybridized carbons (Fsp3) is 0.111. The Morgan fingerprint density at radius 3 is 2.77 bits per heavy atom. The third kappa shape index (κ3) is 1.16. The van der Waals surface area contributed by atoms with Crippen molar-refractivity contribution in [3.63, 3.8) is 0 Å². The molecule has 0 aromatic heterocycles. The summed E-state index contributed by atoms with van der Waals surface area (Å²) >= 11 is 0. The first-order valence-electron chi connectivity index (χ1n) is 3.75. The Morgan fingerprint density at radius 1 is 1.31 bits per heavy atom. The topological polar surface area (TPSA) is 69.9 Å². The number of rotatable bonds is 0. The summed E-state index contributed by atoms with van der Waals surface area (Å²) in [5.41, 5.74) is 0.407. The normalized spacial score (nSPS) is 23.7. The van der Waals surface area contributed by atoms with Gasteiger partial charge in [-0.2, -0.15) is 0 Å². The number of nitrogens with zero attached hydrogens (tertiary/aromatic N) is 1. The minimum absolute atomic E-state index is 0.176. The highest BCUT2D eigenvalue weighted by atomic mass is 16.5. The van der Waals surface area contributed by atoms with E-state index in [1.807, 2.05) is 0 Å². The average Bonchev–Trinajstić information content (AvgIpc) is 2.06. The van der Waals surface area contributed by atoms with E-state index in [-0.39, 0.29) is 11.1 Å². The zero-order chi connectivity index (χ0) is 9.47. The first-order chi connectivity index (χ1) is 6.11. The van der Waals surface area contributed by atoms with Crippen molar-refractivity contribution >= 4 is 12.1 Å². The summed E-state index contributed by atoms with van der Waals surface area (Å²) in [5, 5.41) is 18.9. The lowest BCUT2D eigenvalue weighted by Crippen LogP contribution is -2.33. The number of hydrogen-bond acceptors (Lipinski definition) is 3. The molecule has 1 aliphatic heterocycles. The van der Waals surface area contributed by atoms with Crippen molar-refractivity contribution in [2.75, 3.05) is 0 Å². The summed E-state index contributed by atoms with van der Waals surface area (Å²) in [7, 11) is 0. The molecule has 0 aromatic carbocycles. The van der Waals surface area contributed by atoms with Crippen molar-refractivity contribution in [3.05, 3.63) is 35.5 Å². The van der Waals surface area contributed by atoms with E-state index in [1.54, 1.807) is 0 Å². The number of dihydropyridines is 1. The molecule has 0 atom stereocenters. The van der Waals surface area contributed by atoms with Crippen LogP contribution in [0.5, 0.6) is 0 Å². The number of aliphatic imine (C=N–C) groups is 1. The molecule has 4 nitrogen and oxygen atoms in total. The highest BCUT2D eigenvalue weighted by Crippen LogP contribution is 2.29. The van der Waals surface area contributed by atoms with Gasteiger partial charge in [0.1, 0.15) is 0 Å². The molecule has 1 heterocycles. The van der Waals surface area contributed by atoms with Gasteiger partial charge in [0.25, 0.3) is 5.91 Å². The van der Waals surface area contributed by atoms with E-state index in [0.29, 0.717) is 0 Å². The number of allylic oxidation sites excluding steroid dienone is 3. The Hall–Kier alpha value is -1.52. The molecule has 2 aliphatic rings. The predicted octanol–water partition coefficient (Wildman–Crippen LogP) is -0.299. The van der Waals surface area contributed by atoms with Crippen molar-refractivity contribution in [1.29, 1.82) is 0 Å².